The second-order valence-electron chi connectivity index (χ2n) is 10.2. The third-order valence-corrected chi connectivity index (χ3v) is 7.58. The van der Waals surface area contributed by atoms with Crippen LogP contribution in [0.2, 0.25) is 0 Å². The molecule has 0 aliphatic rings. The number of hydrogen-bond acceptors (Lipinski definition) is 5. The van der Waals surface area contributed by atoms with E-state index in [0.717, 1.165) is 55.4 Å². The lowest BCUT2D eigenvalue weighted by Gasteiger charge is -2.12. The average molecular weight is 538 g/mol. The van der Waals surface area contributed by atoms with E-state index in [-0.39, 0.29) is 0 Å². The Hall–Kier alpha value is -5.81. The molecule has 42 heavy (non-hydrogen) atoms. The lowest BCUT2D eigenvalue weighted by atomic mass is 9.97. The maximum atomic E-state index is 5.04. The van der Waals surface area contributed by atoms with Crippen molar-refractivity contribution in [1.82, 2.24) is 24.9 Å². The highest BCUT2D eigenvalue weighted by atomic mass is 14.9. The summed E-state index contributed by atoms with van der Waals surface area (Å²) in [5, 5.41) is 5.69. The highest BCUT2D eigenvalue weighted by Gasteiger charge is 2.16. The van der Waals surface area contributed by atoms with Crippen LogP contribution in [0.15, 0.2) is 140 Å². The summed E-state index contributed by atoms with van der Waals surface area (Å²) in [6.07, 6.45) is 3.66. The van der Waals surface area contributed by atoms with E-state index in [1.165, 1.54) is 10.8 Å². The van der Waals surface area contributed by atoms with Crippen molar-refractivity contribution in [3.8, 4) is 45.4 Å². The van der Waals surface area contributed by atoms with Gasteiger partial charge in [-0.05, 0) is 22.9 Å². The van der Waals surface area contributed by atoms with Gasteiger partial charge in [0.05, 0.1) is 16.9 Å². The fourth-order valence-electron chi connectivity index (χ4n) is 5.54. The van der Waals surface area contributed by atoms with Gasteiger partial charge < -0.3 is 0 Å². The molecule has 3 heterocycles. The molecule has 0 spiro atoms. The molecule has 0 bridgehead atoms. The van der Waals surface area contributed by atoms with Crippen molar-refractivity contribution >= 4 is 32.4 Å². The molecule has 5 heteroatoms. The zero-order valence-electron chi connectivity index (χ0n) is 22.5. The molecule has 196 valence electrons. The predicted molar refractivity (Wildman–Crippen MR) is 170 cm³/mol. The third kappa shape index (κ3) is 4.16. The van der Waals surface area contributed by atoms with Gasteiger partial charge in [0.25, 0.3) is 0 Å². The molecule has 0 amide bonds. The zero-order valence-corrected chi connectivity index (χ0v) is 22.5. The van der Waals surface area contributed by atoms with Gasteiger partial charge in [-0.2, -0.15) is 0 Å². The van der Waals surface area contributed by atoms with Crippen molar-refractivity contribution in [1.29, 1.82) is 0 Å². The van der Waals surface area contributed by atoms with Gasteiger partial charge >= 0.3 is 0 Å². The first-order chi connectivity index (χ1) is 20.8. The first-order valence-electron chi connectivity index (χ1n) is 13.8. The summed E-state index contributed by atoms with van der Waals surface area (Å²) in [6.45, 7) is 0. The minimum Gasteiger partial charge on any atom is -0.244 e. The van der Waals surface area contributed by atoms with Gasteiger partial charge in [-0.3, -0.25) is 0 Å². The summed E-state index contributed by atoms with van der Waals surface area (Å²) in [6, 6.07) is 43.2. The smallest absolute Gasteiger partial charge is 0.178 e. The molecule has 5 aromatic carbocycles. The van der Waals surface area contributed by atoms with Crippen molar-refractivity contribution in [3.63, 3.8) is 0 Å². The number of pyridine rings is 1. The Balaban J connectivity index is 1.28. The molecular weight excluding hydrogens is 514 g/mol. The molecule has 0 fully saturated rings. The van der Waals surface area contributed by atoms with Crippen molar-refractivity contribution in [3.05, 3.63) is 140 Å². The zero-order chi connectivity index (χ0) is 27.9. The standard InChI is InChI=1S/C37H23N5/c1-3-12-25(13-4-1)32-21-33(42-36(41-32)26-14-5-2-6-15-26)27-22-38-37(39-23-27)35-30-20-19-24-11-7-8-16-28(24)34(30)29-17-9-10-18-31(29)40-35/h1-23H. The lowest BCUT2D eigenvalue weighted by molar-refractivity contribution is 1.13. The average Bonchev–Trinajstić information content (AvgIpc) is 3.08. The SMILES string of the molecule is c1ccc(-c2cc(-c3cnc(-c4nc5ccccc5c5c4ccc4ccccc45)nc3)nc(-c3ccccc3)n2)cc1. The Bertz CT molecular complexity index is 2160. The molecule has 0 aliphatic heterocycles. The van der Waals surface area contributed by atoms with Crippen LogP contribution in [0, 0.1) is 0 Å². The van der Waals surface area contributed by atoms with Crippen LogP contribution in [-0.4, -0.2) is 24.9 Å². The quantitative estimate of drug-likeness (QED) is 0.210. The first-order valence-corrected chi connectivity index (χ1v) is 13.8. The van der Waals surface area contributed by atoms with Gasteiger partial charge in [0.15, 0.2) is 11.6 Å². The number of nitrogens with zero attached hydrogens (tertiary/aromatic N) is 5. The monoisotopic (exact) mass is 537 g/mol. The minimum atomic E-state index is 0.574. The van der Waals surface area contributed by atoms with Crippen molar-refractivity contribution in [2.75, 3.05) is 0 Å². The normalized spacial score (nSPS) is 11.3. The maximum Gasteiger partial charge on any atom is 0.178 e. The Labute approximate surface area is 242 Å². The van der Waals surface area contributed by atoms with E-state index >= 15 is 0 Å². The van der Waals surface area contributed by atoms with Gasteiger partial charge in [0.2, 0.25) is 0 Å². The van der Waals surface area contributed by atoms with Crippen LogP contribution in [0.3, 0.4) is 0 Å². The largest absolute Gasteiger partial charge is 0.244 e. The summed E-state index contributed by atoms with van der Waals surface area (Å²) in [4.78, 5) is 24.5. The highest BCUT2D eigenvalue weighted by molar-refractivity contribution is 6.22. The molecule has 8 aromatic rings. The van der Waals surface area contributed by atoms with E-state index in [2.05, 4.69) is 60.7 Å². The second kappa shape index (κ2) is 9.98. The van der Waals surface area contributed by atoms with Crippen LogP contribution in [-0.2, 0) is 0 Å². The first kappa shape index (κ1) is 24.0. The highest BCUT2D eigenvalue weighted by Crippen LogP contribution is 2.36. The lowest BCUT2D eigenvalue weighted by Crippen LogP contribution is -1.98. The van der Waals surface area contributed by atoms with E-state index in [9.17, 15) is 0 Å². The second-order valence-corrected chi connectivity index (χ2v) is 10.2. The van der Waals surface area contributed by atoms with Crippen LogP contribution < -0.4 is 0 Å². The topological polar surface area (TPSA) is 64.5 Å². The molecule has 8 rings (SSSR count). The van der Waals surface area contributed by atoms with E-state index in [0.29, 0.717) is 11.6 Å². The molecule has 0 saturated heterocycles. The number of hydrogen-bond donors (Lipinski definition) is 0. The molecule has 3 aromatic heterocycles. The maximum absolute atomic E-state index is 5.04. The van der Waals surface area contributed by atoms with Crippen LogP contribution in [0.1, 0.15) is 0 Å². The Kier molecular flexibility index (Phi) is 5.71. The molecule has 0 N–H and O–H groups in total. The van der Waals surface area contributed by atoms with Crippen molar-refractivity contribution in [2.45, 2.75) is 0 Å². The number of fused-ring (bicyclic) bond motifs is 5. The Morgan fingerprint density at radius 1 is 0.405 bits per heavy atom. The number of benzene rings is 5. The molecule has 0 saturated carbocycles. The van der Waals surface area contributed by atoms with E-state index in [1.807, 2.05) is 79.1 Å². The molecule has 0 atom stereocenters. The Morgan fingerprint density at radius 3 is 1.79 bits per heavy atom. The van der Waals surface area contributed by atoms with E-state index in [1.54, 1.807) is 0 Å². The van der Waals surface area contributed by atoms with Crippen molar-refractivity contribution in [2.24, 2.45) is 0 Å². The fraction of sp³-hybridized carbons (Fsp3) is 0. The number of aromatic nitrogens is 5. The Morgan fingerprint density at radius 2 is 1.02 bits per heavy atom. The molecular formula is C37H23N5. The summed E-state index contributed by atoms with van der Waals surface area (Å²) < 4.78 is 0. The molecule has 0 aliphatic carbocycles. The van der Waals surface area contributed by atoms with Gasteiger partial charge in [0.1, 0.15) is 5.69 Å². The number of rotatable bonds is 4. The molecule has 0 radical (unpaired) electrons. The van der Waals surface area contributed by atoms with Gasteiger partial charge in [-0.25, -0.2) is 24.9 Å². The van der Waals surface area contributed by atoms with Crippen LogP contribution in [0.25, 0.3) is 77.9 Å². The van der Waals surface area contributed by atoms with Gasteiger partial charge in [-0.1, -0.05) is 115 Å². The molecule has 5 nitrogen and oxygen atoms in total. The van der Waals surface area contributed by atoms with Crippen LogP contribution in [0.5, 0.6) is 0 Å². The third-order valence-electron chi connectivity index (χ3n) is 7.58. The summed E-state index contributed by atoms with van der Waals surface area (Å²) in [5.41, 5.74) is 6.07. The van der Waals surface area contributed by atoms with Gasteiger partial charge in [-0.15, -0.1) is 0 Å². The van der Waals surface area contributed by atoms with Crippen LogP contribution in [0.4, 0.5) is 0 Å². The summed E-state index contributed by atoms with van der Waals surface area (Å²) >= 11 is 0. The van der Waals surface area contributed by atoms with E-state index < -0.39 is 0 Å². The van der Waals surface area contributed by atoms with Gasteiger partial charge in [0, 0.05) is 45.2 Å². The predicted octanol–water partition coefficient (Wildman–Crippen LogP) is 8.79. The molecule has 0 unspecified atom stereocenters. The van der Waals surface area contributed by atoms with Crippen molar-refractivity contribution < 1.29 is 0 Å². The minimum absolute atomic E-state index is 0.574. The summed E-state index contributed by atoms with van der Waals surface area (Å²) in [5.74, 6) is 1.23. The van der Waals surface area contributed by atoms with E-state index in [4.69, 9.17) is 24.9 Å². The fourth-order valence-corrected chi connectivity index (χ4v) is 5.54. The van der Waals surface area contributed by atoms with Crippen LogP contribution >= 0.6 is 0 Å². The summed E-state index contributed by atoms with van der Waals surface area (Å²) in [7, 11) is 0. The number of para-hydroxylation sites is 1.